The van der Waals surface area contributed by atoms with Gasteiger partial charge in [-0.05, 0) is 25.7 Å². The predicted octanol–water partition coefficient (Wildman–Crippen LogP) is 3.85. The van der Waals surface area contributed by atoms with Crippen molar-refractivity contribution in [3.05, 3.63) is 36.5 Å². The maximum absolute atomic E-state index is 10.3. The van der Waals surface area contributed by atoms with Crippen molar-refractivity contribution in [2.45, 2.75) is 58.0 Å². The van der Waals surface area contributed by atoms with Gasteiger partial charge in [-0.25, -0.2) is 0 Å². The Labute approximate surface area is 116 Å². The number of aliphatic carboxylic acids is 1. The molecule has 0 aliphatic rings. The Morgan fingerprint density at radius 3 is 2.58 bits per heavy atom. The van der Waals surface area contributed by atoms with Crippen molar-refractivity contribution in [1.29, 1.82) is 0 Å². The maximum Gasteiger partial charge on any atom is 0.303 e. The van der Waals surface area contributed by atoms with Crippen LogP contribution in [0.5, 0.6) is 0 Å². The van der Waals surface area contributed by atoms with Crippen LogP contribution in [0.2, 0.25) is 0 Å². The molecule has 108 valence electrons. The van der Waals surface area contributed by atoms with Gasteiger partial charge in [-0.2, -0.15) is 0 Å². The zero-order valence-corrected chi connectivity index (χ0v) is 11.8. The molecule has 0 aromatic rings. The Balaban J connectivity index is 3.53. The molecule has 19 heavy (non-hydrogen) atoms. The number of hydrogen-bond donors (Lipinski definition) is 2. The number of carbonyl (C=O) groups is 1. The third-order valence-corrected chi connectivity index (χ3v) is 2.65. The monoisotopic (exact) mass is 266 g/mol. The molecule has 0 rings (SSSR count). The van der Waals surface area contributed by atoms with Gasteiger partial charge < -0.3 is 10.2 Å². The highest BCUT2D eigenvalue weighted by atomic mass is 16.4. The summed E-state index contributed by atoms with van der Waals surface area (Å²) in [6.45, 7) is 2.10. The molecule has 2 N–H and O–H groups in total. The average Bonchev–Trinajstić information content (AvgIpc) is 2.37. The number of allylic oxidation sites excluding steroid dienone is 5. The molecular weight excluding hydrogens is 240 g/mol. The maximum atomic E-state index is 10.3. The molecule has 3 heteroatoms. The number of aliphatic hydroxyl groups is 1. The third kappa shape index (κ3) is 14.6. The fourth-order valence-electron chi connectivity index (χ4n) is 1.59. The van der Waals surface area contributed by atoms with Gasteiger partial charge >= 0.3 is 5.97 Å². The summed E-state index contributed by atoms with van der Waals surface area (Å²) in [6, 6.07) is 0. The van der Waals surface area contributed by atoms with Crippen molar-refractivity contribution < 1.29 is 15.0 Å². The van der Waals surface area contributed by atoms with E-state index in [1.165, 1.54) is 0 Å². The Kier molecular flexibility index (Phi) is 12.2. The van der Waals surface area contributed by atoms with E-state index in [9.17, 15) is 9.90 Å². The molecule has 0 aliphatic carbocycles. The first-order chi connectivity index (χ1) is 9.16. The fourth-order valence-corrected chi connectivity index (χ4v) is 1.59. The third-order valence-electron chi connectivity index (χ3n) is 2.65. The lowest BCUT2D eigenvalue weighted by Crippen LogP contribution is -2.01. The summed E-state index contributed by atoms with van der Waals surface area (Å²) < 4.78 is 0. The van der Waals surface area contributed by atoms with Gasteiger partial charge in [0, 0.05) is 6.42 Å². The Morgan fingerprint density at radius 1 is 1.11 bits per heavy atom. The van der Waals surface area contributed by atoms with Crippen molar-refractivity contribution in [3.8, 4) is 0 Å². The van der Waals surface area contributed by atoms with Crippen molar-refractivity contribution in [2.24, 2.45) is 0 Å². The molecule has 3 nitrogen and oxygen atoms in total. The van der Waals surface area contributed by atoms with Crippen LogP contribution in [0.4, 0.5) is 0 Å². The predicted molar refractivity (Wildman–Crippen MR) is 79.1 cm³/mol. The van der Waals surface area contributed by atoms with Crippen molar-refractivity contribution in [3.63, 3.8) is 0 Å². The number of carboxylic acids is 1. The number of carboxylic acid groups (broad SMARTS) is 1. The molecule has 0 spiro atoms. The molecule has 0 amide bonds. The Bertz CT molecular complexity index is 303. The first kappa shape index (κ1) is 17.6. The minimum atomic E-state index is -0.747. The van der Waals surface area contributed by atoms with E-state index in [0.717, 1.165) is 25.7 Å². The van der Waals surface area contributed by atoms with E-state index < -0.39 is 12.1 Å². The Hall–Kier alpha value is -1.35. The topological polar surface area (TPSA) is 57.5 Å². The minimum absolute atomic E-state index is 0.222. The van der Waals surface area contributed by atoms with Crippen LogP contribution in [0, 0.1) is 0 Å². The highest BCUT2D eigenvalue weighted by molar-refractivity contribution is 5.66. The summed E-state index contributed by atoms with van der Waals surface area (Å²) in [6.07, 6.45) is 16.7. The molecule has 0 aliphatic heterocycles. The van der Waals surface area contributed by atoms with E-state index in [1.54, 1.807) is 6.08 Å². The number of rotatable bonds is 11. The second-order valence-corrected chi connectivity index (χ2v) is 4.49. The van der Waals surface area contributed by atoms with E-state index in [1.807, 2.05) is 18.2 Å². The number of hydrogen-bond acceptors (Lipinski definition) is 2. The quantitative estimate of drug-likeness (QED) is 0.339. The summed E-state index contributed by atoms with van der Waals surface area (Å²) in [7, 11) is 0. The van der Waals surface area contributed by atoms with E-state index >= 15 is 0 Å². The van der Waals surface area contributed by atoms with Crippen molar-refractivity contribution in [1.82, 2.24) is 0 Å². The molecule has 0 heterocycles. The van der Waals surface area contributed by atoms with Gasteiger partial charge in [0.1, 0.15) is 0 Å². The van der Waals surface area contributed by atoms with E-state index in [-0.39, 0.29) is 6.42 Å². The molecule has 1 atom stereocenters. The van der Waals surface area contributed by atoms with Gasteiger partial charge in [-0.3, -0.25) is 4.79 Å². The zero-order chi connectivity index (χ0) is 14.3. The van der Waals surface area contributed by atoms with Crippen LogP contribution in [-0.2, 0) is 4.79 Å². The molecular formula is C16H26O3. The van der Waals surface area contributed by atoms with Crippen molar-refractivity contribution in [2.75, 3.05) is 0 Å². The van der Waals surface area contributed by atoms with Gasteiger partial charge in [-0.1, -0.05) is 56.2 Å². The van der Waals surface area contributed by atoms with E-state index in [0.29, 0.717) is 12.8 Å². The molecule has 0 unspecified atom stereocenters. The van der Waals surface area contributed by atoms with Crippen LogP contribution in [0.3, 0.4) is 0 Å². The largest absolute Gasteiger partial charge is 0.481 e. The molecule has 0 bridgehead atoms. The smallest absolute Gasteiger partial charge is 0.303 e. The highest BCUT2D eigenvalue weighted by Crippen LogP contribution is 2.06. The summed E-state index contributed by atoms with van der Waals surface area (Å²) in [5.74, 6) is -0.747. The highest BCUT2D eigenvalue weighted by Gasteiger charge is 2.00. The lowest BCUT2D eigenvalue weighted by Gasteiger charge is -2.03. The number of aliphatic hydroxyl groups excluding tert-OH is 1. The molecule has 0 saturated carbocycles. The van der Waals surface area contributed by atoms with Crippen LogP contribution in [0.25, 0.3) is 0 Å². The van der Waals surface area contributed by atoms with Gasteiger partial charge in [0.25, 0.3) is 0 Å². The van der Waals surface area contributed by atoms with Gasteiger partial charge in [0.2, 0.25) is 0 Å². The SMILES string of the molecule is CC/C=C\C/C=C\C=C\[C@H](O)CCCCCC(=O)O. The molecule has 0 radical (unpaired) electrons. The van der Waals surface area contributed by atoms with Crippen LogP contribution < -0.4 is 0 Å². The number of unbranched alkanes of at least 4 members (excludes halogenated alkanes) is 2. The summed E-state index contributed by atoms with van der Waals surface area (Å²) >= 11 is 0. The second-order valence-electron chi connectivity index (χ2n) is 4.49. The van der Waals surface area contributed by atoms with Crippen LogP contribution >= 0.6 is 0 Å². The van der Waals surface area contributed by atoms with E-state index in [2.05, 4.69) is 19.1 Å². The lowest BCUT2D eigenvalue weighted by molar-refractivity contribution is -0.137. The second kappa shape index (κ2) is 13.1. The standard InChI is InChI=1S/C16H26O3/c1-2-3-4-5-6-7-9-12-15(17)13-10-8-11-14-16(18)19/h3-4,6-7,9,12,15,17H,2,5,8,10-11,13-14H2,1H3,(H,18,19)/b4-3-,7-6-,12-9+/t15-/m0/s1. The van der Waals surface area contributed by atoms with Crippen LogP contribution in [0.15, 0.2) is 36.5 Å². The molecule has 0 aromatic carbocycles. The fraction of sp³-hybridized carbons (Fsp3) is 0.562. The molecule has 0 saturated heterocycles. The average molecular weight is 266 g/mol. The Morgan fingerprint density at radius 2 is 1.89 bits per heavy atom. The van der Waals surface area contributed by atoms with Gasteiger partial charge in [0.05, 0.1) is 6.10 Å². The minimum Gasteiger partial charge on any atom is -0.481 e. The van der Waals surface area contributed by atoms with Crippen LogP contribution in [-0.4, -0.2) is 22.3 Å². The van der Waals surface area contributed by atoms with Gasteiger partial charge in [0.15, 0.2) is 0 Å². The first-order valence-electron chi connectivity index (χ1n) is 7.05. The first-order valence-corrected chi connectivity index (χ1v) is 7.05. The summed E-state index contributed by atoms with van der Waals surface area (Å²) in [4.78, 5) is 10.3. The normalized spacial score (nSPS) is 13.8. The summed E-state index contributed by atoms with van der Waals surface area (Å²) in [5, 5.41) is 18.1. The lowest BCUT2D eigenvalue weighted by atomic mass is 10.1. The van der Waals surface area contributed by atoms with Crippen molar-refractivity contribution >= 4 is 5.97 Å². The summed E-state index contributed by atoms with van der Waals surface area (Å²) in [5.41, 5.74) is 0. The van der Waals surface area contributed by atoms with Gasteiger partial charge in [-0.15, -0.1) is 0 Å². The molecule has 0 aromatic heterocycles. The van der Waals surface area contributed by atoms with Crippen LogP contribution in [0.1, 0.15) is 51.9 Å². The zero-order valence-electron chi connectivity index (χ0n) is 11.8. The molecule has 0 fully saturated rings. The van der Waals surface area contributed by atoms with E-state index in [4.69, 9.17) is 5.11 Å².